The molecule has 16 heavy (non-hydrogen) atoms. The Kier molecular flexibility index (Phi) is 7.64. The molecular weight excluding hydrogens is 245 g/mol. The first-order valence-corrected chi connectivity index (χ1v) is 4.67. The zero-order valence-electron chi connectivity index (χ0n) is 8.72. The van der Waals surface area contributed by atoms with Gasteiger partial charge in [0.2, 0.25) is 0 Å². The Morgan fingerprint density at radius 2 is 1.69 bits per heavy atom. The molecule has 0 bridgehead atoms. The normalized spacial score (nSPS) is 9.00. The van der Waals surface area contributed by atoms with Gasteiger partial charge < -0.3 is 5.32 Å². The summed E-state index contributed by atoms with van der Waals surface area (Å²) in [6, 6.07) is 10.4. The molecule has 0 atom stereocenters. The summed E-state index contributed by atoms with van der Waals surface area (Å²) >= 11 is 0. The van der Waals surface area contributed by atoms with E-state index in [0.29, 0.717) is 0 Å². The molecule has 0 aliphatic carbocycles. The van der Waals surface area contributed by atoms with Crippen LogP contribution in [0.15, 0.2) is 42.7 Å². The van der Waals surface area contributed by atoms with Crippen molar-refractivity contribution in [3.8, 4) is 0 Å². The average molecular weight is 260 g/mol. The molecule has 0 amide bonds. The van der Waals surface area contributed by atoms with E-state index in [-0.39, 0.29) is 24.8 Å². The van der Waals surface area contributed by atoms with Crippen molar-refractivity contribution >= 4 is 24.8 Å². The molecule has 0 spiro atoms. The van der Waals surface area contributed by atoms with Crippen LogP contribution in [0.25, 0.3) is 0 Å². The number of H-pyrrole nitrogens is 1. The topological polar surface area (TPSA) is 40.7 Å². The molecule has 0 aliphatic heterocycles. The largest absolute Gasteiger partial charge is 0.309 e. The van der Waals surface area contributed by atoms with Gasteiger partial charge in [-0.05, 0) is 5.56 Å². The molecule has 0 fully saturated rings. The van der Waals surface area contributed by atoms with Gasteiger partial charge in [-0.25, -0.2) is 0 Å². The number of hydrogen-bond donors (Lipinski definition) is 2. The lowest BCUT2D eigenvalue weighted by molar-refractivity contribution is 0.694. The SMILES string of the molecule is Cl.Cl.c1ccc(CNCc2cn[nH]c2)cc1. The highest BCUT2D eigenvalue weighted by Crippen LogP contribution is 1.98. The second-order valence-electron chi connectivity index (χ2n) is 3.20. The highest BCUT2D eigenvalue weighted by Gasteiger charge is 1.93. The van der Waals surface area contributed by atoms with E-state index in [9.17, 15) is 0 Å². The van der Waals surface area contributed by atoms with Gasteiger partial charge in [-0.2, -0.15) is 5.10 Å². The zero-order chi connectivity index (χ0) is 9.64. The third-order valence-electron chi connectivity index (χ3n) is 2.06. The summed E-state index contributed by atoms with van der Waals surface area (Å²) < 4.78 is 0. The fourth-order valence-electron chi connectivity index (χ4n) is 1.32. The Morgan fingerprint density at radius 1 is 1.00 bits per heavy atom. The molecule has 2 aromatic rings. The minimum Gasteiger partial charge on any atom is -0.309 e. The standard InChI is InChI=1S/C11H13N3.2ClH/c1-2-4-10(5-3-1)6-12-7-11-8-13-14-9-11;;/h1-5,8-9,12H,6-7H2,(H,13,14);2*1H. The van der Waals surface area contributed by atoms with E-state index < -0.39 is 0 Å². The molecular formula is C11H15Cl2N3. The van der Waals surface area contributed by atoms with Crippen molar-refractivity contribution in [1.29, 1.82) is 0 Å². The van der Waals surface area contributed by atoms with Crippen LogP contribution in [0.5, 0.6) is 0 Å². The Morgan fingerprint density at radius 3 is 2.31 bits per heavy atom. The van der Waals surface area contributed by atoms with E-state index in [1.165, 1.54) is 11.1 Å². The first-order valence-electron chi connectivity index (χ1n) is 4.67. The number of benzene rings is 1. The van der Waals surface area contributed by atoms with Crippen molar-refractivity contribution in [3.63, 3.8) is 0 Å². The Bertz CT molecular complexity index is 362. The van der Waals surface area contributed by atoms with Gasteiger partial charge in [0.25, 0.3) is 0 Å². The molecule has 2 N–H and O–H groups in total. The molecule has 88 valence electrons. The van der Waals surface area contributed by atoms with Gasteiger partial charge in [-0.15, -0.1) is 24.8 Å². The molecule has 0 aliphatic rings. The van der Waals surface area contributed by atoms with Crippen LogP contribution in [0, 0.1) is 0 Å². The highest BCUT2D eigenvalue weighted by molar-refractivity contribution is 5.85. The number of aromatic nitrogens is 2. The van der Waals surface area contributed by atoms with Gasteiger partial charge in [0.15, 0.2) is 0 Å². The number of rotatable bonds is 4. The second-order valence-corrected chi connectivity index (χ2v) is 3.20. The van der Waals surface area contributed by atoms with Crippen LogP contribution in [0.1, 0.15) is 11.1 Å². The quantitative estimate of drug-likeness (QED) is 0.886. The van der Waals surface area contributed by atoms with E-state index in [4.69, 9.17) is 0 Å². The molecule has 0 saturated carbocycles. The van der Waals surface area contributed by atoms with Gasteiger partial charge in [-0.3, -0.25) is 5.10 Å². The summed E-state index contributed by atoms with van der Waals surface area (Å²) in [6.45, 7) is 1.75. The van der Waals surface area contributed by atoms with Crippen LogP contribution in [-0.2, 0) is 13.1 Å². The second kappa shape index (κ2) is 8.16. The fourth-order valence-corrected chi connectivity index (χ4v) is 1.32. The van der Waals surface area contributed by atoms with E-state index in [2.05, 4.69) is 39.8 Å². The van der Waals surface area contributed by atoms with Crippen LogP contribution in [0.2, 0.25) is 0 Å². The monoisotopic (exact) mass is 259 g/mol. The van der Waals surface area contributed by atoms with E-state index in [1.807, 2.05) is 18.5 Å². The number of aromatic amines is 1. The van der Waals surface area contributed by atoms with Gasteiger partial charge in [-0.1, -0.05) is 30.3 Å². The van der Waals surface area contributed by atoms with Crippen molar-refractivity contribution < 1.29 is 0 Å². The van der Waals surface area contributed by atoms with E-state index in [0.717, 1.165) is 13.1 Å². The van der Waals surface area contributed by atoms with Crippen LogP contribution < -0.4 is 5.32 Å². The molecule has 0 saturated heterocycles. The van der Waals surface area contributed by atoms with Crippen LogP contribution in [-0.4, -0.2) is 10.2 Å². The maximum absolute atomic E-state index is 3.88. The maximum Gasteiger partial charge on any atom is 0.0532 e. The lowest BCUT2D eigenvalue weighted by atomic mass is 10.2. The minimum absolute atomic E-state index is 0. The molecule has 1 heterocycles. The molecule has 5 heteroatoms. The summed E-state index contributed by atoms with van der Waals surface area (Å²) in [5, 5.41) is 10.0. The van der Waals surface area contributed by atoms with Gasteiger partial charge in [0.1, 0.15) is 0 Å². The van der Waals surface area contributed by atoms with Crippen molar-refractivity contribution in [2.24, 2.45) is 0 Å². The van der Waals surface area contributed by atoms with Crippen molar-refractivity contribution in [2.75, 3.05) is 0 Å². The van der Waals surface area contributed by atoms with Crippen LogP contribution in [0.4, 0.5) is 0 Å². The lowest BCUT2D eigenvalue weighted by Gasteiger charge is -2.02. The Labute approximate surface area is 107 Å². The summed E-state index contributed by atoms with van der Waals surface area (Å²) in [5.41, 5.74) is 2.48. The van der Waals surface area contributed by atoms with Crippen molar-refractivity contribution in [1.82, 2.24) is 15.5 Å². The Balaban J connectivity index is 0.00000112. The first-order chi connectivity index (χ1) is 6.95. The van der Waals surface area contributed by atoms with Gasteiger partial charge in [0, 0.05) is 24.8 Å². The van der Waals surface area contributed by atoms with Gasteiger partial charge >= 0.3 is 0 Å². The zero-order valence-corrected chi connectivity index (χ0v) is 10.4. The van der Waals surface area contributed by atoms with E-state index in [1.54, 1.807) is 0 Å². The molecule has 1 aromatic carbocycles. The average Bonchev–Trinajstić information content (AvgIpc) is 2.72. The number of halogens is 2. The molecule has 0 radical (unpaired) electrons. The number of nitrogens with one attached hydrogen (secondary N) is 2. The van der Waals surface area contributed by atoms with E-state index >= 15 is 0 Å². The lowest BCUT2D eigenvalue weighted by Crippen LogP contribution is -2.11. The molecule has 2 rings (SSSR count). The Hall–Kier alpha value is -1.03. The van der Waals surface area contributed by atoms with Crippen LogP contribution >= 0.6 is 24.8 Å². The van der Waals surface area contributed by atoms with Gasteiger partial charge in [0.05, 0.1) is 6.20 Å². The smallest absolute Gasteiger partial charge is 0.0532 e. The third-order valence-corrected chi connectivity index (χ3v) is 2.06. The third kappa shape index (κ3) is 4.66. The summed E-state index contributed by atoms with van der Waals surface area (Å²) in [5.74, 6) is 0. The minimum atomic E-state index is 0. The first kappa shape index (κ1) is 15.0. The number of hydrogen-bond acceptors (Lipinski definition) is 2. The molecule has 3 nitrogen and oxygen atoms in total. The fraction of sp³-hybridized carbons (Fsp3) is 0.182. The van der Waals surface area contributed by atoms with Crippen LogP contribution in [0.3, 0.4) is 0 Å². The predicted octanol–water partition coefficient (Wildman–Crippen LogP) is 2.54. The van der Waals surface area contributed by atoms with Crippen molar-refractivity contribution in [2.45, 2.75) is 13.1 Å². The summed E-state index contributed by atoms with van der Waals surface area (Å²) in [6.07, 6.45) is 3.73. The summed E-state index contributed by atoms with van der Waals surface area (Å²) in [7, 11) is 0. The molecule has 1 aromatic heterocycles. The summed E-state index contributed by atoms with van der Waals surface area (Å²) in [4.78, 5) is 0. The maximum atomic E-state index is 3.88. The predicted molar refractivity (Wildman–Crippen MR) is 70.1 cm³/mol. The highest BCUT2D eigenvalue weighted by atomic mass is 35.5. The van der Waals surface area contributed by atoms with Crippen molar-refractivity contribution in [3.05, 3.63) is 53.9 Å². The number of nitrogens with zero attached hydrogens (tertiary/aromatic N) is 1. The molecule has 0 unspecified atom stereocenters.